The maximum Gasteiger partial charge on any atom is 0.264 e. The molecule has 0 radical (unpaired) electrons. The highest BCUT2D eigenvalue weighted by atomic mass is 35.5. The van der Waals surface area contributed by atoms with E-state index in [-0.39, 0.29) is 5.78 Å². The van der Waals surface area contributed by atoms with Gasteiger partial charge in [0.15, 0.2) is 11.4 Å². The molecule has 0 aromatic heterocycles. The molecule has 2 aliphatic rings. The van der Waals surface area contributed by atoms with Crippen molar-refractivity contribution < 1.29 is 14.7 Å². The monoisotopic (exact) mass is 417 g/mol. The maximum absolute atomic E-state index is 13.6. The molecule has 1 aliphatic heterocycles. The van der Waals surface area contributed by atoms with Crippen molar-refractivity contribution >= 4 is 29.0 Å². The molecule has 0 fully saturated rings. The zero-order valence-electron chi connectivity index (χ0n) is 16.2. The summed E-state index contributed by atoms with van der Waals surface area (Å²) in [7, 11) is 0. The van der Waals surface area contributed by atoms with Crippen LogP contribution in [0, 0.1) is 5.92 Å². The van der Waals surface area contributed by atoms with Crippen LogP contribution in [0.3, 0.4) is 0 Å². The van der Waals surface area contributed by atoms with Crippen molar-refractivity contribution in [2.75, 3.05) is 4.90 Å². The number of hydrogen-bond donors (Lipinski definition) is 1. The summed E-state index contributed by atoms with van der Waals surface area (Å²) in [5.41, 5.74) is 1.75. The van der Waals surface area contributed by atoms with Crippen LogP contribution in [0.25, 0.3) is 0 Å². The van der Waals surface area contributed by atoms with E-state index in [0.717, 1.165) is 11.1 Å². The van der Waals surface area contributed by atoms with E-state index in [1.807, 2.05) is 42.5 Å². The molecule has 1 heterocycles. The summed E-state index contributed by atoms with van der Waals surface area (Å²) in [5.74, 6) is -1.43. The molecule has 1 amide bonds. The molecule has 4 nitrogen and oxygen atoms in total. The van der Waals surface area contributed by atoms with Gasteiger partial charge in [-0.05, 0) is 42.2 Å². The lowest BCUT2D eigenvalue weighted by Crippen LogP contribution is -2.49. The van der Waals surface area contributed by atoms with E-state index >= 15 is 0 Å². The SMILES string of the molecule is O=C1c2ccccc2CC[C@@H]1[C@]1(O)C(=O)N(Cc2ccc(Cl)cc2)c2ccccc21. The maximum atomic E-state index is 13.6. The van der Waals surface area contributed by atoms with E-state index in [9.17, 15) is 14.7 Å². The Morgan fingerprint density at radius 2 is 1.67 bits per heavy atom. The third-order valence-electron chi connectivity index (χ3n) is 6.24. The Bertz CT molecular complexity index is 1160. The number of nitrogens with zero attached hydrogens (tertiary/aromatic N) is 1. The molecule has 5 heteroatoms. The van der Waals surface area contributed by atoms with Gasteiger partial charge < -0.3 is 10.0 Å². The number of halogens is 1. The molecule has 0 bridgehead atoms. The van der Waals surface area contributed by atoms with E-state index < -0.39 is 17.4 Å². The number of para-hydroxylation sites is 1. The Labute approximate surface area is 179 Å². The van der Waals surface area contributed by atoms with Crippen LogP contribution in [0.1, 0.15) is 33.5 Å². The first-order chi connectivity index (χ1) is 14.5. The van der Waals surface area contributed by atoms with Gasteiger partial charge in [-0.3, -0.25) is 9.59 Å². The molecule has 30 heavy (non-hydrogen) atoms. The number of carbonyl (C=O) groups excluding carboxylic acids is 2. The highest BCUT2D eigenvalue weighted by Gasteiger charge is 2.57. The predicted octanol–water partition coefficient (Wildman–Crippen LogP) is 4.52. The number of hydrogen-bond acceptors (Lipinski definition) is 3. The Morgan fingerprint density at radius 1 is 0.967 bits per heavy atom. The lowest BCUT2D eigenvalue weighted by atomic mass is 9.71. The van der Waals surface area contributed by atoms with Gasteiger partial charge in [0.1, 0.15) is 0 Å². The van der Waals surface area contributed by atoms with E-state index in [0.29, 0.717) is 41.2 Å². The van der Waals surface area contributed by atoms with Crippen molar-refractivity contribution in [3.8, 4) is 0 Å². The van der Waals surface area contributed by atoms with Crippen LogP contribution in [0.4, 0.5) is 5.69 Å². The van der Waals surface area contributed by atoms with Crippen LogP contribution in [0.2, 0.25) is 5.02 Å². The average Bonchev–Trinajstić information content (AvgIpc) is 2.98. The van der Waals surface area contributed by atoms with Crippen LogP contribution in [-0.4, -0.2) is 16.8 Å². The largest absolute Gasteiger partial charge is 0.375 e. The van der Waals surface area contributed by atoms with E-state index in [1.165, 1.54) is 0 Å². The predicted molar refractivity (Wildman–Crippen MR) is 116 cm³/mol. The fourth-order valence-electron chi connectivity index (χ4n) is 4.72. The second-order valence-corrected chi connectivity index (χ2v) is 8.35. The van der Waals surface area contributed by atoms with Crippen molar-refractivity contribution in [2.24, 2.45) is 5.92 Å². The normalized spacial score (nSPS) is 22.7. The number of ketones is 1. The van der Waals surface area contributed by atoms with Gasteiger partial charge >= 0.3 is 0 Å². The molecule has 1 aliphatic carbocycles. The number of aryl methyl sites for hydroxylation is 1. The van der Waals surface area contributed by atoms with Crippen LogP contribution in [-0.2, 0) is 23.4 Å². The fourth-order valence-corrected chi connectivity index (χ4v) is 4.85. The Balaban J connectivity index is 1.56. The molecule has 3 aromatic rings. The third-order valence-corrected chi connectivity index (χ3v) is 6.49. The molecule has 5 rings (SSSR count). The van der Waals surface area contributed by atoms with Gasteiger partial charge in [-0.25, -0.2) is 0 Å². The summed E-state index contributed by atoms with van der Waals surface area (Å²) in [5, 5.41) is 12.4. The molecule has 0 saturated heterocycles. The highest BCUT2D eigenvalue weighted by molar-refractivity contribution is 6.30. The summed E-state index contributed by atoms with van der Waals surface area (Å²) in [6.45, 7) is 0.298. The second-order valence-electron chi connectivity index (χ2n) is 7.91. The molecular weight excluding hydrogens is 398 g/mol. The number of aliphatic hydroxyl groups is 1. The smallest absolute Gasteiger partial charge is 0.264 e. The summed E-state index contributed by atoms with van der Waals surface area (Å²) in [6.07, 6.45) is 1.09. The standard InChI is InChI=1S/C25H20ClNO3/c26-18-12-9-16(10-13-18)15-27-22-8-4-3-7-20(22)25(30,24(27)29)21-14-11-17-5-1-2-6-19(17)23(21)28/h1-10,12-13,21,30H,11,14-15H2/t21-,25-/m0/s1. The van der Waals surface area contributed by atoms with Crippen molar-refractivity contribution in [1.29, 1.82) is 0 Å². The summed E-state index contributed by atoms with van der Waals surface area (Å²) >= 11 is 5.98. The molecule has 150 valence electrons. The molecule has 3 aromatic carbocycles. The highest BCUT2D eigenvalue weighted by Crippen LogP contribution is 2.48. The minimum absolute atomic E-state index is 0.171. The first-order valence-corrected chi connectivity index (χ1v) is 10.4. The molecule has 1 N–H and O–H groups in total. The molecule has 2 atom stereocenters. The minimum Gasteiger partial charge on any atom is -0.375 e. The fraction of sp³-hybridized carbons (Fsp3) is 0.200. The second kappa shape index (κ2) is 7.08. The third kappa shape index (κ3) is 2.79. The van der Waals surface area contributed by atoms with Gasteiger partial charge in [0, 0.05) is 16.1 Å². The zero-order valence-corrected chi connectivity index (χ0v) is 17.0. The Morgan fingerprint density at radius 3 is 2.47 bits per heavy atom. The molecule has 0 unspecified atom stereocenters. The van der Waals surface area contributed by atoms with Gasteiger partial charge in [-0.15, -0.1) is 0 Å². The molecular formula is C25H20ClNO3. The zero-order chi connectivity index (χ0) is 20.9. The number of amides is 1. The van der Waals surface area contributed by atoms with Crippen LogP contribution in [0.5, 0.6) is 0 Å². The summed E-state index contributed by atoms with van der Waals surface area (Å²) in [4.78, 5) is 28.5. The number of rotatable bonds is 3. The number of fused-ring (bicyclic) bond motifs is 2. The van der Waals surface area contributed by atoms with Crippen LogP contribution in [0.15, 0.2) is 72.8 Å². The first kappa shape index (κ1) is 19.0. The number of anilines is 1. The van der Waals surface area contributed by atoms with Gasteiger partial charge in [0.2, 0.25) is 0 Å². The Kier molecular flexibility index (Phi) is 4.49. The quantitative estimate of drug-likeness (QED) is 0.681. The molecule has 0 saturated carbocycles. The lowest BCUT2D eigenvalue weighted by molar-refractivity contribution is -0.140. The van der Waals surface area contributed by atoms with Gasteiger partial charge in [0.25, 0.3) is 5.91 Å². The van der Waals surface area contributed by atoms with Crippen molar-refractivity contribution in [2.45, 2.75) is 25.0 Å². The summed E-state index contributed by atoms with van der Waals surface area (Å²) in [6, 6.07) is 21.9. The van der Waals surface area contributed by atoms with Crippen molar-refractivity contribution in [3.63, 3.8) is 0 Å². The molecule has 0 spiro atoms. The van der Waals surface area contributed by atoms with Crippen LogP contribution >= 0.6 is 11.6 Å². The van der Waals surface area contributed by atoms with Crippen LogP contribution < -0.4 is 4.90 Å². The van der Waals surface area contributed by atoms with Gasteiger partial charge in [0.05, 0.1) is 18.2 Å². The number of Topliss-reactive ketones (excluding diaryl/α,β-unsaturated/α-hetero) is 1. The average molecular weight is 418 g/mol. The van der Waals surface area contributed by atoms with Crippen molar-refractivity contribution in [1.82, 2.24) is 0 Å². The van der Waals surface area contributed by atoms with Crippen molar-refractivity contribution in [3.05, 3.63) is 100 Å². The minimum atomic E-state index is -1.87. The van der Waals surface area contributed by atoms with E-state index in [1.54, 1.807) is 35.2 Å². The first-order valence-electron chi connectivity index (χ1n) is 10.0. The van der Waals surface area contributed by atoms with E-state index in [2.05, 4.69) is 0 Å². The topological polar surface area (TPSA) is 57.6 Å². The van der Waals surface area contributed by atoms with Gasteiger partial charge in [-0.1, -0.05) is 66.2 Å². The number of benzene rings is 3. The summed E-state index contributed by atoms with van der Waals surface area (Å²) < 4.78 is 0. The Hall–Kier alpha value is -2.95. The lowest BCUT2D eigenvalue weighted by Gasteiger charge is -2.34. The van der Waals surface area contributed by atoms with Gasteiger partial charge in [-0.2, -0.15) is 0 Å². The van der Waals surface area contributed by atoms with E-state index in [4.69, 9.17) is 11.6 Å². The number of carbonyl (C=O) groups is 2.